The van der Waals surface area contributed by atoms with E-state index in [2.05, 4.69) is 20.8 Å². The third-order valence-electron chi connectivity index (χ3n) is 4.99. The molecule has 0 aliphatic heterocycles. The first-order valence-electron chi connectivity index (χ1n) is 6.86. The Labute approximate surface area is 101 Å². The molecule has 0 saturated heterocycles. The van der Waals surface area contributed by atoms with E-state index in [0.717, 1.165) is 5.92 Å². The Balaban J connectivity index is 2.45. The molecular formula is C14H29NO. The summed E-state index contributed by atoms with van der Waals surface area (Å²) in [5, 5.41) is 9.27. The number of hydrogen-bond donors (Lipinski definition) is 2. The highest BCUT2D eigenvalue weighted by atomic mass is 16.3. The van der Waals surface area contributed by atoms with Crippen LogP contribution in [0.25, 0.3) is 0 Å². The standard InChI is InChI=1S/C14H29NO/c1-4-14(2,3)13-7-5-11(6-8-13)12(9-15)10-16/h11-13,16H,4-10,15H2,1-3H3. The van der Waals surface area contributed by atoms with Gasteiger partial charge in [0.25, 0.3) is 0 Å². The largest absolute Gasteiger partial charge is 0.396 e. The van der Waals surface area contributed by atoms with Crippen LogP contribution in [0.3, 0.4) is 0 Å². The lowest BCUT2D eigenvalue weighted by Crippen LogP contribution is -2.33. The Kier molecular flexibility index (Phi) is 5.26. The van der Waals surface area contributed by atoms with Crippen LogP contribution in [0.2, 0.25) is 0 Å². The molecular weight excluding hydrogens is 198 g/mol. The van der Waals surface area contributed by atoms with Gasteiger partial charge in [0.2, 0.25) is 0 Å². The number of nitrogens with two attached hydrogens (primary N) is 1. The van der Waals surface area contributed by atoms with Gasteiger partial charge in [0.05, 0.1) is 0 Å². The van der Waals surface area contributed by atoms with Crippen LogP contribution in [0.1, 0.15) is 52.9 Å². The summed E-state index contributed by atoms with van der Waals surface area (Å²) in [5.41, 5.74) is 6.19. The second-order valence-electron chi connectivity index (χ2n) is 6.13. The molecule has 2 nitrogen and oxygen atoms in total. The summed E-state index contributed by atoms with van der Waals surface area (Å²) in [7, 11) is 0. The van der Waals surface area contributed by atoms with E-state index in [0.29, 0.717) is 23.8 Å². The molecule has 96 valence electrons. The minimum Gasteiger partial charge on any atom is -0.396 e. The molecule has 1 aliphatic carbocycles. The molecule has 2 heteroatoms. The van der Waals surface area contributed by atoms with Crippen LogP contribution in [0.4, 0.5) is 0 Å². The highest BCUT2D eigenvalue weighted by Crippen LogP contribution is 2.43. The molecule has 1 saturated carbocycles. The van der Waals surface area contributed by atoms with E-state index < -0.39 is 0 Å². The fourth-order valence-corrected chi connectivity index (χ4v) is 3.08. The predicted octanol–water partition coefficient (Wildman–Crippen LogP) is 2.80. The summed E-state index contributed by atoms with van der Waals surface area (Å²) in [6.07, 6.45) is 6.43. The van der Waals surface area contributed by atoms with E-state index in [4.69, 9.17) is 5.73 Å². The molecule has 0 aromatic carbocycles. The molecule has 1 unspecified atom stereocenters. The number of aliphatic hydroxyl groups is 1. The van der Waals surface area contributed by atoms with Crippen molar-refractivity contribution in [3.63, 3.8) is 0 Å². The fraction of sp³-hybridized carbons (Fsp3) is 1.00. The van der Waals surface area contributed by atoms with Crippen LogP contribution in [0, 0.1) is 23.2 Å². The Morgan fingerprint density at radius 2 is 1.81 bits per heavy atom. The lowest BCUT2D eigenvalue weighted by atomic mass is 9.66. The van der Waals surface area contributed by atoms with E-state index in [9.17, 15) is 5.11 Å². The average molecular weight is 227 g/mol. The second kappa shape index (κ2) is 6.02. The maximum absolute atomic E-state index is 9.27. The van der Waals surface area contributed by atoms with Gasteiger partial charge in [-0.15, -0.1) is 0 Å². The fourth-order valence-electron chi connectivity index (χ4n) is 3.08. The van der Waals surface area contributed by atoms with Gasteiger partial charge in [0, 0.05) is 6.61 Å². The number of hydrogen-bond acceptors (Lipinski definition) is 2. The Hall–Kier alpha value is -0.0800. The molecule has 0 radical (unpaired) electrons. The Morgan fingerprint density at radius 3 is 2.19 bits per heavy atom. The van der Waals surface area contributed by atoms with Crippen molar-refractivity contribution in [3.05, 3.63) is 0 Å². The van der Waals surface area contributed by atoms with E-state index >= 15 is 0 Å². The first kappa shape index (κ1) is 14.0. The summed E-state index contributed by atoms with van der Waals surface area (Å²) in [6, 6.07) is 0. The highest BCUT2D eigenvalue weighted by molar-refractivity contribution is 4.84. The summed E-state index contributed by atoms with van der Waals surface area (Å²) in [5.74, 6) is 1.87. The van der Waals surface area contributed by atoms with Crippen LogP contribution in [0.15, 0.2) is 0 Å². The van der Waals surface area contributed by atoms with Crippen LogP contribution >= 0.6 is 0 Å². The predicted molar refractivity (Wildman–Crippen MR) is 69.2 cm³/mol. The molecule has 0 amide bonds. The average Bonchev–Trinajstić information content (AvgIpc) is 2.31. The molecule has 1 atom stereocenters. The van der Waals surface area contributed by atoms with E-state index in [1.165, 1.54) is 32.1 Å². The third kappa shape index (κ3) is 3.21. The topological polar surface area (TPSA) is 46.2 Å². The molecule has 0 spiro atoms. The summed E-state index contributed by atoms with van der Waals surface area (Å²) < 4.78 is 0. The molecule has 1 rings (SSSR count). The van der Waals surface area contributed by atoms with Crippen molar-refractivity contribution in [2.75, 3.05) is 13.2 Å². The minimum atomic E-state index is 0.267. The van der Waals surface area contributed by atoms with Crippen molar-refractivity contribution in [3.8, 4) is 0 Å². The smallest absolute Gasteiger partial charge is 0.0473 e. The van der Waals surface area contributed by atoms with Gasteiger partial charge in [-0.05, 0) is 55.4 Å². The molecule has 1 aliphatic rings. The maximum atomic E-state index is 9.27. The van der Waals surface area contributed by atoms with Crippen LogP contribution in [-0.2, 0) is 0 Å². The monoisotopic (exact) mass is 227 g/mol. The lowest BCUT2D eigenvalue weighted by molar-refractivity contribution is 0.0876. The minimum absolute atomic E-state index is 0.267. The van der Waals surface area contributed by atoms with Gasteiger partial charge in [-0.3, -0.25) is 0 Å². The zero-order valence-corrected chi connectivity index (χ0v) is 11.2. The molecule has 0 heterocycles. The quantitative estimate of drug-likeness (QED) is 0.758. The zero-order valence-electron chi connectivity index (χ0n) is 11.2. The summed E-state index contributed by atoms with van der Waals surface area (Å²) in [4.78, 5) is 0. The van der Waals surface area contributed by atoms with Crippen molar-refractivity contribution in [2.45, 2.75) is 52.9 Å². The van der Waals surface area contributed by atoms with Gasteiger partial charge in [-0.1, -0.05) is 27.2 Å². The lowest BCUT2D eigenvalue weighted by Gasteiger charge is -2.40. The van der Waals surface area contributed by atoms with Crippen molar-refractivity contribution in [2.24, 2.45) is 28.9 Å². The van der Waals surface area contributed by atoms with Crippen molar-refractivity contribution in [1.29, 1.82) is 0 Å². The first-order chi connectivity index (χ1) is 7.55. The summed E-state index contributed by atoms with van der Waals surface area (Å²) >= 11 is 0. The summed E-state index contributed by atoms with van der Waals surface area (Å²) in [6.45, 7) is 7.99. The molecule has 16 heavy (non-hydrogen) atoms. The Bertz CT molecular complexity index is 191. The van der Waals surface area contributed by atoms with Crippen LogP contribution in [-0.4, -0.2) is 18.3 Å². The SMILES string of the molecule is CCC(C)(C)C1CCC(C(CN)CO)CC1. The molecule has 3 N–H and O–H groups in total. The molecule has 0 aromatic rings. The third-order valence-corrected chi connectivity index (χ3v) is 4.99. The van der Waals surface area contributed by atoms with Gasteiger partial charge in [-0.2, -0.15) is 0 Å². The van der Waals surface area contributed by atoms with Gasteiger partial charge < -0.3 is 10.8 Å². The number of rotatable bonds is 5. The zero-order chi connectivity index (χ0) is 12.2. The molecule has 0 aromatic heterocycles. The maximum Gasteiger partial charge on any atom is 0.0473 e. The van der Waals surface area contributed by atoms with Gasteiger partial charge >= 0.3 is 0 Å². The Morgan fingerprint density at radius 1 is 1.25 bits per heavy atom. The van der Waals surface area contributed by atoms with Crippen molar-refractivity contribution >= 4 is 0 Å². The van der Waals surface area contributed by atoms with Gasteiger partial charge in [0.1, 0.15) is 0 Å². The van der Waals surface area contributed by atoms with Gasteiger partial charge in [-0.25, -0.2) is 0 Å². The van der Waals surface area contributed by atoms with E-state index in [1.54, 1.807) is 0 Å². The van der Waals surface area contributed by atoms with Gasteiger partial charge in [0.15, 0.2) is 0 Å². The van der Waals surface area contributed by atoms with E-state index in [-0.39, 0.29) is 6.61 Å². The van der Waals surface area contributed by atoms with Crippen molar-refractivity contribution < 1.29 is 5.11 Å². The number of aliphatic hydroxyl groups excluding tert-OH is 1. The molecule has 1 fully saturated rings. The highest BCUT2D eigenvalue weighted by Gasteiger charge is 2.33. The molecule has 0 bridgehead atoms. The van der Waals surface area contributed by atoms with Crippen molar-refractivity contribution in [1.82, 2.24) is 0 Å². The van der Waals surface area contributed by atoms with Crippen LogP contribution < -0.4 is 5.73 Å². The first-order valence-corrected chi connectivity index (χ1v) is 6.86. The second-order valence-corrected chi connectivity index (χ2v) is 6.13. The normalized spacial score (nSPS) is 29.1. The van der Waals surface area contributed by atoms with E-state index in [1.807, 2.05) is 0 Å². The van der Waals surface area contributed by atoms with Crippen LogP contribution in [0.5, 0.6) is 0 Å².